The number of hydrogen-bond donors (Lipinski definition) is 1. The second-order valence-corrected chi connectivity index (χ2v) is 6.44. The highest BCUT2D eigenvalue weighted by Gasteiger charge is 2.22. The summed E-state index contributed by atoms with van der Waals surface area (Å²) in [6.45, 7) is 7.71. The van der Waals surface area contributed by atoms with Crippen molar-refractivity contribution in [2.75, 3.05) is 12.4 Å². The van der Waals surface area contributed by atoms with E-state index in [0.717, 1.165) is 16.7 Å². The third-order valence-corrected chi connectivity index (χ3v) is 3.56. The second-order valence-electron chi connectivity index (χ2n) is 6.44. The van der Waals surface area contributed by atoms with E-state index in [1.807, 2.05) is 58.0 Å². The van der Waals surface area contributed by atoms with Crippen LogP contribution in [-0.2, 0) is 4.79 Å². The fourth-order valence-corrected chi connectivity index (χ4v) is 2.19. The largest absolute Gasteiger partial charge is 0.495 e. The molecule has 2 aromatic carbocycles. The zero-order valence-electron chi connectivity index (χ0n) is 13.9. The lowest BCUT2D eigenvalue weighted by Crippen LogP contribution is -2.27. The van der Waals surface area contributed by atoms with Crippen molar-refractivity contribution in [1.82, 2.24) is 0 Å². The van der Waals surface area contributed by atoms with Gasteiger partial charge >= 0.3 is 0 Å². The smallest absolute Gasteiger partial charge is 0.229 e. The van der Waals surface area contributed by atoms with Crippen LogP contribution in [0.5, 0.6) is 5.75 Å². The Kier molecular flexibility index (Phi) is 4.55. The van der Waals surface area contributed by atoms with Gasteiger partial charge in [0.2, 0.25) is 5.91 Å². The molecule has 0 heterocycles. The molecule has 0 radical (unpaired) electrons. The second kappa shape index (κ2) is 6.22. The summed E-state index contributed by atoms with van der Waals surface area (Å²) in [5.41, 5.74) is 3.56. The molecular formula is C19H23NO2. The van der Waals surface area contributed by atoms with Gasteiger partial charge in [0.05, 0.1) is 12.8 Å². The number of ether oxygens (including phenoxy) is 1. The van der Waals surface area contributed by atoms with Gasteiger partial charge in [0.15, 0.2) is 0 Å². The molecule has 22 heavy (non-hydrogen) atoms. The van der Waals surface area contributed by atoms with E-state index in [1.54, 1.807) is 7.11 Å². The Morgan fingerprint density at radius 1 is 1.09 bits per heavy atom. The van der Waals surface area contributed by atoms with Gasteiger partial charge in [-0.2, -0.15) is 0 Å². The molecule has 0 fully saturated rings. The number of hydrogen-bond acceptors (Lipinski definition) is 2. The minimum Gasteiger partial charge on any atom is -0.495 e. The van der Waals surface area contributed by atoms with Crippen LogP contribution in [0.4, 0.5) is 5.69 Å². The van der Waals surface area contributed by atoms with Crippen LogP contribution in [0.1, 0.15) is 26.3 Å². The Labute approximate surface area is 132 Å². The van der Waals surface area contributed by atoms with Crippen LogP contribution in [0.3, 0.4) is 0 Å². The Balaban J connectivity index is 2.47. The van der Waals surface area contributed by atoms with Crippen molar-refractivity contribution in [3.8, 4) is 16.9 Å². The van der Waals surface area contributed by atoms with E-state index in [0.29, 0.717) is 11.4 Å². The molecule has 3 heteroatoms. The highest BCUT2D eigenvalue weighted by Crippen LogP contribution is 2.34. The number of benzene rings is 2. The summed E-state index contributed by atoms with van der Waals surface area (Å²) in [6.07, 6.45) is 0. The highest BCUT2D eigenvalue weighted by molar-refractivity contribution is 5.96. The van der Waals surface area contributed by atoms with E-state index < -0.39 is 5.41 Å². The van der Waals surface area contributed by atoms with Gasteiger partial charge in [0, 0.05) is 5.41 Å². The fourth-order valence-electron chi connectivity index (χ4n) is 2.19. The van der Waals surface area contributed by atoms with Crippen molar-refractivity contribution in [2.45, 2.75) is 27.7 Å². The van der Waals surface area contributed by atoms with Crippen LogP contribution in [0.2, 0.25) is 0 Å². The van der Waals surface area contributed by atoms with E-state index in [4.69, 9.17) is 4.74 Å². The number of nitrogens with one attached hydrogen (secondary N) is 1. The van der Waals surface area contributed by atoms with E-state index in [2.05, 4.69) is 17.4 Å². The summed E-state index contributed by atoms with van der Waals surface area (Å²) in [5.74, 6) is 0.642. The Bertz CT molecular complexity index is 670. The molecule has 0 aliphatic rings. The molecule has 0 unspecified atom stereocenters. The molecule has 0 spiro atoms. The van der Waals surface area contributed by atoms with Crippen LogP contribution in [0.25, 0.3) is 11.1 Å². The lowest BCUT2D eigenvalue weighted by molar-refractivity contribution is -0.123. The van der Waals surface area contributed by atoms with Crippen molar-refractivity contribution >= 4 is 11.6 Å². The lowest BCUT2D eigenvalue weighted by Gasteiger charge is -2.20. The molecule has 0 aliphatic carbocycles. The van der Waals surface area contributed by atoms with Crippen molar-refractivity contribution in [3.05, 3.63) is 48.0 Å². The summed E-state index contributed by atoms with van der Waals surface area (Å²) >= 11 is 0. The molecule has 3 nitrogen and oxygen atoms in total. The van der Waals surface area contributed by atoms with Gasteiger partial charge in [-0.25, -0.2) is 0 Å². The predicted octanol–water partition coefficient (Wildman–Crippen LogP) is 4.66. The first-order valence-electron chi connectivity index (χ1n) is 7.38. The average Bonchev–Trinajstić information content (AvgIpc) is 2.48. The molecule has 0 aliphatic heterocycles. The van der Waals surface area contributed by atoms with Crippen LogP contribution in [0.15, 0.2) is 42.5 Å². The molecule has 1 amide bonds. The minimum atomic E-state index is -0.456. The third kappa shape index (κ3) is 3.48. The van der Waals surface area contributed by atoms with Gasteiger partial charge < -0.3 is 10.1 Å². The number of anilines is 1. The van der Waals surface area contributed by atoms with Gasteiger partial charge in [0.25, 0.3) is 0 Å². The zero-order chi connectivity index (χ0) is 16.3. The van der Waals surface area contributed by atoms with Crippen LogP contribution < -0.4 is 10.1 Å². The van der Waals surface area contributed by atoms with Gasteiger partial charge in [0.1, 0.15) is 5.75 Å². The first-order valence-corrected chi connectivity index (χ1v) is 7.38. The Morgan fingerprint density at radius 2 is 1.73 bits per heavy atom. The number of rotatable bonds is 3. The standard InChI is InChI=1S/C19H23NO2/c1-13-11-17(22-5)16(20-18(21)19(2,3)4)12-15(13)14-9-7-6-8-10-14/h6-12H,1-5H3,(H,20,21). The molecule has 116 valence electrons. The van der Waals surface area contributed by atoms with Gasteiger partial charge in [-0.15, -0.1) is 0 Å². The van der Waals surface area contributed by atoms with Gasteiger partial charge in [-0.05, 0) is 35.7 Å². The minimum absolute atomic E-state index is 0.0336. The van der Waals surface area contributed by atoms with E-state index >= 15 is 0 Å². The van der Waals surface area contributed by atoms with Crippen molar-refractivity contribution in [3.63, 3.8) is 0 Å². The van der Waals surface area contributed by atoms with E-state index in [9.17, 15) is 4.79 Å². The van der Waals surface area contributed by atoms with Crippen molar-refractivity contribution in [1.29, 1.82) is 0 Å². The van der Waals surface area contributed by atoms with Gasteiger partial charge in [-0.1, -0.05) is 51.1 Å². The third-order valence-electron chi connectivity index (χ3n) is 3.56. The molecule has 2 aromatic rings. The summed E-state index contributed by atoms with van der Waals surface area (Å²) in [4.78, 5) is 12.3. The molecule has 0 bridgehead atoms. The average molecular weight is 297 g/mol. The quantitative estimate of drug-likeness (QED) is 0.895. The SMILES string of the molecule is COc1cc(C)c(-c2ccccc2)cc1NC(=O)C(C)(C)C. The Morgan fingerprint density at radius 3 is 2.27 bits per heavy atom. The first kappa shape index (κ1) is 16.1. The lowest BCUT2D eigenvalue weighted by atomic mass is 9.95. The number of amides is 1. The normalized spacial score (nSPS) is 11.1. The fraction of sp³-hybridized carbons (Fsp3) is 0.316. The highest BCUT2D eigenvalue weighted by atomic mass is 16.5. The number of aryl methyl sites for hydroxylation is 1. The topological polar surface area (TPSA) is 38.3 Å². The first-order chi connectivity index (χ1) is 10.3. The monoisotopic (exact) mass is 297 g/mol. The van der Waals surface area contributed by atoms with Crippen molar-refractivity contribution < 1.29 is 9.53 Å². The molecule has 0 saturated heterocycles. The molecule has 0 saturated carbocycles. The number of carbonyl (C=O) groups is 1. The maximum absolute atomic E-state index is 12.3. The van der Waals surface area contributed by atoms with Crippen molar-refractivity contribution in [2.24, 2.45) is 5.41 Å². The summed E-state index contributed by atoms with van der Waals surface area (Å²) in [5, 5.41) is 2.97. The maximum atomic E-state index is 12.3. The predicted molar refractivity (Wildman–Crippen MR) is 91.3 cm³/mol. The zero-order valence-corrected chi connectivity index (χ0v) is 13.9. The molecule has 0 aromatic heterocycles. The van der Waals surface area contributed by atoms with Gasteiger partial charge in [-0.3, -0.25) is 4.79 Å². The number of methoxy groups -OCH3 is 1. The number of carbonyl (C=O) groups excluding carboxylic acids is 1. The summed E-state index contributed by atoms with van der Waals surface area (Å²) in [6, 6.07) is 14.1. The molecule has 0 atom stereocenters. The van der Waals surface area contributed by atoms with Crippen LogP contribution in [0, 0.1) is 12.3 Å². The molecule has 2 rings (SSSR count). The molecule has 1 N–H and O–H groups in total. The van der Waals surface area contributed by atoms with Crippen LogP contribution >= 0.6 is 0 Å². The summed E-state index contributed by atoms with van der Waals surface area (Å²) in [7, 11) is 1.61. The maximum Gasteiger partial charge on any atom is 0.229 e. The Hall–Kier alpha value is -2.29. The van der Waals surface area contributed by atoms with E-state index in [1.165, 1.54) is 0 Å². The van der Waals surface area contributed by atoms with E-state index in [-0.39, 0.29) is 5.91 Å². The van der Waals surface area contributed by atoms with Crippen LogP contribution in [-0.4, -0.2) is 13.0 Å². The summed E-state index contributed by atoms with van der Waals surface area (Å²) < 4.78 is 5.42. The molecular weight excluding hydrogens is 274 g/mol.